The summed E-state index contributed by atoms with van der Waals surface area (Å²) in [5.41, 5.74) is 1.33. The second-order valence-electron chi connectivity index (χ2n) is 3.36. The highest BCUT2D eigenvalue weighted by atomic mass is 35.6. The number of halogens is 2. The van der Waals surface area contributed by atoms with Crippen molar-refractivity contribution in [3.8, 4) is 0 Å². The molecule has 0 bridgehead atoms. The Hall–Kier alpha value is -1.13. The van der Waals surface area contributed by atoms with E-state index in [0.29, 0.717) is 11.8 Å². The zero-order chi connectivity index (χ0) is 14.3. The molecule has 1 aromatic heterocycles. The molecule has 1 heterocycles. The van der Waals surface area contributed by atoms with Gasteiger partial charge in [0, 0.05) is 10.9 Å². The average molecular weight is 338 g/mol. The molecule has 0 aliphatic carbocycles. The van der Waals surface area contributed by atoms with Gasteiger partial charge in [0.05, 0.1) is 35.9 Å². The van der Waals surface area contributed by atoms with E-state index in [1.54, 1.807) is 13.0 Å². The third-order valence-electron chi connectivity index (χ3n) is 2.34. The molecule has 1 unspecified atom stereocenters. The number of rotatable bonds is 3. The minimum Gasteiger partial charge on any atom is -0.461 e. The van der Waals surface area contributed by atoms with Crippen molar-refractivity contribution in [3.63, 3.8) is 0 Å². The lowest BCUT2D eigenvalue weighted by molar-refractivity contribution is 0.0518. The Balaban J connectivity index is 0.000000830. The summed E-state index contributed by atoms with van der Waals surface area (Å²) in [5, 5.41) is 0.737. The van der Waals surface area contributed by atoms with Crippen LogP contribution in [0, 0.1) is 0 Å². The van der Waals surface area contributed by atoms with Gasteiger partial charge in [0.15, 0.2) is 6.29 Å². The summed E-state index contributed by atoms with van der Waals surface area (Å²) in [6, 6.07) is 7.25. The van der Waals surface area contributed by atoms with Crippen molar-refractivity contribution in [3.05, 3.63) is 35.5 Å². The first-order chi connectivity index (χ1) is 9.19. The predicted octanol–water partition coefficient (Wildman–Crippen LogP) is 3.53. The van der Waals surface area contributed by atoms with E-state index < -0.39 is 5.97 Å². The molecule has 0 fully saturated rings. The van der Waals surface area contributed by atoms with E-state index in [2.05, 4.69) is 32.6 Å². The van der Waals surface area contributed by atoms with Crippen LogP contribution in [0.5, 0.6) is 0 Å². The highest BCUT2D eigenvalue weighted by Crippen LogP contribution is 2.21. The monoisotopic (exact) mass is 337 g/mol. The van der Waals surface area contributed by atoms with E-state index in [-0.39, 0.29) is 22.2 Å². The minimum absolute atomic E-state index is 0. The van der Waals surface area contributed by atoms with E-state index in [9.17, 15) is 9.59 Å². The molecule has 0 saturated heterocycles. The van der Waals surface area contributed by atoms with E-state index in [1.165, 1.54) is 0 Å². The number of aromatic amines is 1. The van der Waals surface area contributed by atoms with E-state index in [1.807, 2.05) is 18.2 Å². The maximum atomic E-state index is 11.6. The van der Waals surface area contributed by atoms with Gasteiger partial charge in [-0.05, 0) is 13.0 Å². The van der Waals surface area contributed by atoms with Crippen molar-refractivity contribution in [2.45, 2.75) is 6.92 Å². The molecule has 1 aromatic carbocycles. The number of benzene rings is 1. The molecule has 2 rings (SSSR count). The fraction of sp³-hybridized carbons (Fsp3) is 0.167. The number of aromatic nitrogens is 1. The summed E-state index contributed by atoms with van der Waals surface area (Å²) in [6.45, 7) is 2.01. The lowest BCUT2D eigenvalue weighted by atomic mass is 10.1. The minimum atomic E-state index is -0.499. The molecule has 5 nitrogen and oxygen atoms in total. The van der Waals surface area contributed by atoms with Crippen LogP contribution in [0.15, 0.2) is 24.3 Å². The quantitative estimate of drug-likeness (QED) is 0.528. The third-order valence-corrected chi connectivity index (χ3v) is 2.34. The summed E-state index contributed by atoms with van der Waals surface area (Å²) in [5.74, 6) is -0.499. The number of aldehydes is 1. The van der Waals surface area contributed by atoms with Gasteiger partial charge < -0.3 is 9.72 Å². The number of para-hydroxylation sites is 1. The van der Waals surface area contributed by atoms with E-state index in [4.69, 9.17) is 4.74 Å². The normalized spacial score (nSPS) is 9.15. The van der Waals surface area contributed by atoms with Gasteiger partial charge >= 0.3 is 5.97 Å². The average Bonchev–Trinajstić information content (AvgIpc) is 2.78. The highest BCUT2D eigenvalue weighted by molar-refractivity contribution is 6.92. The maximum absolute atomic E-state index is 11.6. The molecule has 20 heavy (non-hydrogen) atoms. The lowest BCUT2D eigenvalue weighted by Crippen LogP contribution is -2.07. The van der Waals surface area contributed by atoms with Crippen LogP contribution in [0.3, 0.4) is 0 Å². The lowest BCUT2D eigenvalue weighted by Gasteiger charge is -1.98. The van der Waals surface area contributed by atoms with Crippen LogP contribution in [0.1, 0.15) is 27.8 Å². The number of esters is 1. The summed E-state index contributed by atoms with van der Waals surface area (Å²) in [6.07, 6.45) is 0.672. The third kappa shape index (κ3) is 4.46. The highest BCUT2D eigenvalue weighted by Gasteiger charge is 2.17. The molecule has 2 aromatic rings. The van der Waals surface area contributed by atoms with Crippen molar-refractivity contribution in [1.82, 2.24) is 4.98 Å². The van der Waals surface area contributed by atoms with Gasteiger partial charge in [0.1, 0.15) is 5.69 Å². The summed E-state index contributed by atoms with van der Waals surface area (Å²) in [7, 11) is 0. The van der Waals surface area contributed by atoms with Gasteiger partial charge in [-0.1, -0.05) is 18.2 Å². The fourth-order valence-electron chi connectivity index (χ4n) is 1.65. The first kappa shape index (κ1) is 18.9. The molecule has 1 N–H and O–H groups in total. The number of hydrogen-bond acceptors (Lipinski definition) is 4. The van der Waals surface area contributed by atoms with Crippen molar-refractivity contribution in [2.24, 2.45) is 0 Å². The Morgan fingerprint density at radius 2 is 1.95 bits per heavy atom. The molecule has 0 spiro atoms. The number of hydrogen-bond donors (Lipinski definition) is 1. The predicted molar refractivity (Wildman–Crippen MR) is 83.5 cm³/mol. The van der Waals surface area contributed by atoms with Crippen molar-refractivity contribution < 1.29 is 18.2 Å². The number of fused-ring (bicyclic) bond motifs is 1. The molecule has 0 amide bonds. The second kappa shape index (κ2) is 9.72. The molecule has 0 radical (unpaired) electrons. The van der Waals surface area contributed by atoms with Gasteiger partial charge in [-0.3, -0.25) is 4.79 Å². The summed E-state index contributed by atoms with van der Waals surface area (Å²) >= 11 is 8.53. The Morgan fingerprint density at radius 1 is 1.35 bits per heavy atom. The van der Waals surface area contributed by atoms with Gasteiger partial charge in [0.25, 0.3) is 0 Å². The Morgan fingerprint density at radius 3 is 2.50 bits per heavy atom. The zero-order valence-electron chi connectivity index (χ0n) is 10.7. The molecule has 8 heteroatoms. The second-order valence-corrected chi connectivity index (χ2v) is 3.82. The van der Waals surface area contributed by atoms with Crippen molar-refractivity contribution in [1.29, 1.82) is 0 Å². The van der Waals surface area contributed by atoms with Crippen LogP contribution in [-0.4, -0.2) is 23.8 Å². The Kier molecular flexibility index (Phi) is 9.17. The van der Waals surface area contributed by atoms with Crippen LogP contribution < -0.4 is 0 Å². The standard InChI is InChI=1S/C12H11NO3.Cl2O.H3P/c1-2-16-12(15)11-9(7-14)8-5-3-4-6-10(8)13-11;1-3-2;/h3-7,13H,2H2,1H3;;1H3. The molecule has 0 aliphatic heterocycles. The van der Waals surface area contributed by atoms with Crippen LogP contribution in [-0.2, 0) is 8.58 Å². The number of nitrogens with one attached hydrogen (secondary N) is 1. The van der Waals surface area contributed by atoms with Gasteiger partial charge in [-0.15, -0.1) is 0 Å². The van der Waals surface area contributed by atoms with E-state index >= 15 is 0 Å². The first-order valence-electron chi connectivity index (χ1n) is 5.31. The molecule has 0 aliphatic rings. The molecular weight excluding hydrogens is 324 g/mol. The Bertz CT molecular complexity index is 574. The fourth-order valence-corrected chi connectivity index (χ4v) is 1.65. The van der Waals surface area contributed by atoms with Crippen LogP contribution in [0.4, 0.5) is 0 Å². The van der Waals surface area contributed by atoms with Crippen LogP contribution >= 0.6 is 33.6 Å². The topological polar surface area (TPSA) is 68.4 Å². The number of H-pyrrole nitrogens is 1. The Labute approximate surface area is 129 Å². The molecule has 1 atom stereocenters. The summed E-state index contributed by atoms with van der Waals surface area (Å²) in [4.78, 5) is 25.5. The van der Waals surface area contributed by atoms with E-state index in [0.717, 1.165) is 10.9 Å². The van der Waals surface area contributed by atoms with Gasteiger partial charge in [-0.25, -0.2) is 4.79 Å². The largest absolute Gasteiger partial charge is 0.461 e. The first-order valence-corrected chi connectivity index (χ1v) is 5.93. The van der Waals surface area contributed by atoms with Gasteiger partial charge in [-0.2, -0.15) is 13.7 Å². The zero-order valence-corrected chi connectivity index (χ0v) is 13.6. The maximum Gasteiger partial charge on any atom is 0.355 e. The molecular formula is C12H14Cl2NO4P. The molecule has 110 valence electrons. The summed E-state index contributed by atoms with van der Waals surface area (Å²) < 4.78 is 8.07. The van der Waals surface area contributed by atoms with Crippen LogP contribution in [0.2, 0.25) is 0 Å². The number of ether oxygens (including phenoxy) is 1. The SMILES string of the molecule is CCOC(=O)c1[nH]c2ccccc2c1C=O.ClOCl.P. The smallest absolute Gasteiger partial charge is 0.355 e. The van der Waals surface area contributed by atoms with Crippen LogP contribution in [0.25, 0.3) is 10.9 Å². The van der Waals surface area contributed by atoms with Crippen molar-refractivity contribution >= 4 is 56.8 Å². The van der Waals surface area contributed by atoms with Crippen molar-refractivity contribution in [2.75, 3.05) is 6.61 Å². The molecule has 0 saturated carbocycles. The number of carbonyl (C=O) groups excluding carboxylic acids is 2. The van der Waals surface area contributed by atoms with Gasteiger partial charge in [0.2, 0.25) is 0 Å². The number of carbonyl (C=O) groups is 2.